The van der Waals surface area contributed by atoms with Gasteiger partial charge in [0, 0.05) is 0 Å². The van der Waals surface area contributed by atoms with E-state index in [0.29, 0.717) is 5.56 Å². The molecule has 0 heterocycles. The lowest BCUT2D eigenvalue weighted by atomic mass is 10.1. The third-order valence-electron chi connectivity index (χ3n) is 2.58. The SMILES string of the molecule is CC(NC(=O)NC(C(F)(F)F)C(F)(F)F)c1ccccc1. The molecule has 0 aliphatic carbocycles. The van der Waals surface area contributed by atoms with E-state index in [4.69, 9.17) is 0 Å². The van der Waals surface area contributed by atoms with Gasteiger partial charge >= 0.3 is 18.4 Å². The minimum Gasteiger partial charge on any atom is -0.332 e. The molecule has 1 atom stereocenters. The predicted molar refractivity (Wildman–Crippen MR) is 62.4 cm³/mol. The summed E-state index contributed by atoms with van der Waals surface area (Å²) in [6, 6.07) is 1.89. The molecule has 1 rings (SSSR count). The first kappa shape index (κ1) is 17.1. The highest BCUT2D eigenvalue weighted by Crippen LogP contribution is 2.33. The van der Waals surface area contributed by atoms with Gasteiger partial charge in [-0.2, -0.15) is 26.3 Å². The van der Waals surface area contributed by atoms with Gasteiger partial charge in [-0.05, 0) is 12.5 Å². The van der Waals surface area contributed by atoms with Gasteiger partial charge in [-0.3, -0.25) is 0 Å². The van der Waals surface area contributed by atoms with Crippen LogP contribution in [0.2, 0.25) is 0 Å². The van der Waals surface area contributed by atoms with Crippen LogP contribution in [-0.4, -0.2) is 24.4 Å². The van der Waals surface area contributed by atoms with E-state index >= 15 is 0 Å². The van der Waals surface area contributed by atoms with Crippen molar-refractivity contribution in [2.24, 2.45) is 0 Å². The fourth-order valence-corrected chi connectivity index (χ4v) is 1.54. The second kappa shape index (κ2) is 6.23. The minimum absolute atomic E-state index is 0.545. The van der Waals surface area contributed by atoms with Crippen molar-refractivity contribution in [2.75, 3.05) is 0 Å². The summed E-state index contributed by atoms with van der Waals surface area (Å²) in [5.74, 6) is 0. The van der Waals surface area contributed by atoms with Crippen LogP contribution in [0.15, 0.2) is 30.3 Å². The number of carbonyl (C=O) groups is 1. The number of amides is 2. The number of urea groups is 1. The first-order valence-corrected chi connectivity index (χ1v) is 5.77. The highest BCUT2D eigenvalue weighted by molar-refractivity contribution is 5.75. The Hall–Kier alpha value is -1.93. The number of benzene rings is 1. The number of hydrogen-bond acceptors (Lipinski definition) is 1. The monoisotopic (exact) mass is 314 g/mol. The van der Waals surface area contributed by atoms with Crippen molar-refractivity contribution in [1.29, 1.82) is 0 Å². The largest absolute Gasteiger partial charge is 0.417 e. The maximum absolute atomic E-state index is 12.3. The van der Waals surface area contributed by atoms with E-state index in [1.165, 1.54) is 6.92 Å². The van der Waals surface area contributed by atoms with E-state index in [2.05, 4.69) is 0 Å². The molecule has 1 aromatic carbocycles. The summed E-state index contributed by atoms with van der Waals surface area (Å²) >= 11 is 0. The number of rotatable bonds is 3. The quantitative estimate of drug-likeness (QED) is 0.823. The Morgan fingerprint density at radius 3 is 1.86 bits per heavy atom. The summed E-state index contributed by atoms with van der Waals surface area (Å²) in [4.78, 5) is 11.3. The molecule has 0 saturated carbocycles. The van der Waals surface area contributed by atoms with Crippen molar-refractivity contribution in [1.82, 2.24) is 10.6 Å². The first-order valence-electron chi connectivity index (χ1n) is 5.77. The second-order valence-electron chi connectivity index (χ2n) is 4.27. The van der Waals surface area contributed by atoms with Gasteiger partial charge in [-0.15, -0.1) is 0 Å². The van der Waals surface area contributed by atoms with Crippen molar-refractivity contribution in [3.63, 3.8) is 0 Å². The average molecular weight is 314 g/mol. The van der Waals surface area contributed by atoms with E-state index < -0.39 is 30.5 Å². The summed E-state index contributed by atoms with van der Waals surface area (Å²) in [5, 5.41) is 2.92. The lowest BCUT2D eigenvalue weighted by Crippen LogP contribution is -2.57. The van der Waals surface area contributed by atoms with Crippen molar-refractivity contribution >= 4 is 6.03 Å². The van der Waals surface area contributed by atoms with Gasteiger partial charge in [0.25, 0.3) is 0 Å². The van der Waals surface area contributed by atoms with Crippen LogP contribution in [0.5, 0.6) is 0 Å². The van der Waals surface area contributed by atoms with Crippen molar-refractivity contribution in [3.8, 4) is 0 Å². The van der Waals surface area contributed by atoms with Gasteiger partial charge in [0.1, 0.15) is 0 Å². The van der Waals surface area contributed by atoms with Gasteiger partial charge in [0.15, 0.2) is 0 Å². The highest BCUT2D eigenvalue weighted by Gasteiger charge is 2.57. The molecule has 0 spiro atoms. The average Bonchev–Trinajstić information content (AvgIpc) is 2.34. The van der Waals surface area contributed by atoms with Gasteiger partial charge in [-0.25, -0.2) is 4.79 Å². The molecule has 0 aromatic heterocycles. The maximum atomic E-state index is 12.3. The molecule has 0 radical (unpaired) electrons. The Bertz CT molecular complexity index is 457. The Balaban J connectivity index is 2.71. The molecule has 0 saturated heterocycles. The van der Waals surface area contributed by atoms with Crippen LogP contribution in [0.4, 0.5) is 31.1 Å². The van der Waals surface area contributed by atoms with Crippen molar-refractivity contribution < 1.29 is 31.1 Å². The van der Waals surface area contributed by atoms with Crippen LogP contribution >= 0.6 is 0 Å². The van der Waals surface area contributed by atoms with E-state index in [9.17, 15) is 31.1 Å². The van der Waals surface area contributed by atoms with Gasteiger partial charge in [0.05, 0.1) is 6.04 Å². The summed E-state index contributed by atoms with van der Waals surface area (Å²) in [5.41, 5.74) is 0.545. The normalized spacial score (nSPS) is 13.9. The minimum atomic E-state index is -5.62. The number of nitrogens with one attached hydrogen (secondary N) is 2. The molecular weight excluding hydrogens is 302 g/mol. The van der Waals surface area contributed by atoms with Crippen LogP contribution in [0.25, 0.3) is 0 Å². The van der Waals surface area contributed by atoms with Crippen molar-refractivity contribution in [2.45, 2.75) is 31.4 Å². The number of hydrogen-bond donors (Lipinski definition) is 2. The molecule has 0 aliphatic heterocycles. The molecule has 1 aromatic rings. The highest BCUT2D eigenvalue weighted by atomic mass is 19.4. The standard InChI is InChI=1S/C12H12F6N2O/c1-7(8-5-3-2-4-6-8)19-10(21)20-9(11(13,14)15)12(16,17)18/h2-7,9H,1H3,(H2,19,20,21). The van der Waals surface area contributed by atoms with Crippen LogP contribution < -0.4 is 10.6 Å². The number of halogens is 6. The van der Waals surface area contributed by atoms with E-state index in [1.807, 2.05) is 5.32 Å². The Labute approximate surface area is 116 Å². The van der Waals surface area contributed by atoms with Gasteiger partial charge < -0.3 is 10.6 Å². The van der Waals surface area contributed by atoms with Crippen LogP contribution in [-0.2, 0) is 0 Å². The summed E-state index contributed by atoms with van der Waals surface area (Å²) in [7, 11) is 0. The molecule has 9 heteroatoms. The Morgan fingerprint density at radius 2 is 1.43 bits per heavy atom. The smallest absolute Gasteiger partial charge is 0.332 e. The number of alkyl halides is 6. The molecule has 0 bridgehead atoms. The zero-order valence-electron chi connectivity index (χ0n) is 10.7. The third kappa shape index (κ3) is 5.16. The fourth-order valence-electron chi connectivity index (χ4n) is 1.54. The Kier molecular flexibility index (Phi) is 5.08. The van der Waals surface area contributed by atoms with Crippen LogP contribution in [0.1, 0.15) is 18.5 Å². The number of carbonyl (C=O) groups excluding carboxylic acids is 1. The maximum Gasteiger partial charge on any atom is 0.417 e. The molecule has 0 aliphatic rings. The van der Waals surface area contributed by atoms with Crippen LogP contribution in [0.3, 0.4) is 0 Å². The van der Waals surface area contributed by atoms with Gasteiger partial charge in [0.2, 0.25) is 6.04 Å². The van der Waals surface area contributed by atoms with Crippen LogP contribution in [0, 0.1) is 0 Å². The summed E-state index contributed by atoms with van der Waals surface area (Å²) in [6.45, 7) is 1.44. The lowest BCUT2D eigenvalue weighted by molar-refractivity contribution is -0.255. The lowest BCUT2D eigenvalue weighted by Gasteiger charge is -2.25. The van der Waals surface area contributed by atoms with Gasteiger partial charge in [-0.1, -0.05) is 30.3 Å². The predicted octanol–water partition coefficient (Wildman–Crippen LogP) is 3.54. The second-order valence-corrected chi connectivity index (χ2v) is 4.27. The third-order valence-corrected chi connectivity index (χ3v) is 2.58. The molecule has 118 valence electrons. The molecule has 2 N–H and O–H groups in total. The zero-order valence-corrected chi connectivity index (χ0v) is 10.7. The molecule has 2 amide bonds. The first-order chi connectivity index (χ1) is 9.51. The van der Waals surface area contributed by atoms with E-state index in [1.54, 1.807) is 30.3 Å². The summed E-state index contributed by atoms with van der Waals surface area (Å²) in [6.07, 6.45) is -11.2. The fraction of sp³-hybridized carbons (Fsp3) is 0.417. The molecule has 1 unspecified atom stereocenters. The summed E-state index contributed by atoms with van der Waals surface area (Å²) < 4.78 is 73.6. The van der Waals surface area contributed by atoms with Crippen molar-refractivity contribution in [3.05, 3.63) is 35.9 Å². The Morgan fingerprint density at radius 1 is 0.952 bits per heavy atom. The topological polar surface area (TPSA) is 41.1 Å². The van der Waals surface area contributed by atoms with E-state index in [0.717, 1.165) is 5.32 Å². The molecular formula is C12H12F6N2O. The van der Waals surface area contributed by atoms with E-state index in [-0.39, 0.29) is 0 Å². The molecule has 3 nitrogen and oxygen atoms in total. The molecule has 21 heavy (non-hydrogen) atoms. The molecule has 0 fully saturated rings. The zero-order chi connectivity index (χ0) is 16.3.